The maximum atomic E-state index is 13.2. The Balaban J connectivity index is 1.39. The van der Waals surface area contributed by atoms with Crippen LogP contribution in [0.5, 0.6) is 5.75 Å². The van der Waals surface area contributed by atoms with Gasteiger partial charge in [0.05, 0.1) is 25.4 Å². The van der Waals surface area contributed by atoms with Crippen molar-refractivity contribution >= 4 is 35.1 Å². The van der Waals surface area contributed by atoms with Crippen molar-refractivity contribution in [2.45, 2.75) is 19.0 Å². The first-order valence-electron chi connectivity index (χ1n) is 12.6. The lowest BCUT2D eigenvalue weighted by Gasteiger charge is -2.37. The minimum Gasteiger partial charge on any atom is -0.494 e. The van der Waals surface area contributed by atoms with Crippen LogP contribution < -0.4 is 19.9 Å². The van der Waals surface area contributed by atoms with Crippen LogP contribution in [0.1, 0.15) is 12.0 Å². The van der Waals surface area contributed by atoms with E-state index in [4.69, 9.17) is 9.72 Å². The van der Waals surface area contributed by atoms with Crippen molar-refractivity contribution in [1.29, 1.82) is 0 Å². The van der Waals surface area contributed by atoms with E-state index in [9.17, 15) is 9.59 Å². The Bertz CT molecular complexity index is 1200. The summed E-state index contributed by atoms with van der Waals surface area (Å²) in [6.45, 7) is 9.01. The molecule has 2 fully saturated rings. The second-order valence-corrected chi connectivity index (χ2v) is 9.78. The van der Waals surface area contributed by atoms with Crippen molar-refractivity contribution in [2.75, 3.05) is 75.6 Å². The summed E-state index contributed by atoms with van der Waals surface area (Å²) >= 11 is 0. The minimum absolute atomic E-state index is 0.127. The largest absolute Gasteiger partial charge is 0.494 e. The maximum Gasteiger partial charge on any atom is 0.326 e. The topological polar surface area (TPSA) is 97.4 Å². The molecular weight excluding hydrogens is 472 g/mol. The molecule has 5 rings (SSSR count). The summed E-state index contributed by atoms with van der Waals surface area (Å²) in [5.41, 5.74) is 2.72. The number of anilines is 4. The van der Waals surface area contributed by atoms with E-state index in [1.54, 1.807) is 35.1 Å². The minimum atomic E-state index is -0.168. The average Bonchev–Trinajstić information content (AvgIpc) is 3.39. The Morgan fingerprint density at radius 3 is 2.70 bits per heavy atom. The van der Waals surface area contributed by atoms with Crippen LogP contribution in [0, 0.1) is 0 Å². The number of nitrogens with zero attached hydrogens (tertiary/aromatic N) is 7. The number of hydrogen-bond acceptors (Lipinski definition) is 8. The van der Waals surface area contributed by atoms with Gasteiger partial charge in [0, 0.05) is 69.8 Å². The van der Waals surface area contributed by atoms with E-state index in [0.717, 1.165) is 43.1 Å². The molecule has 0 spiro atoms. The van der Waals surface area contributed by atoms with E-state index in [1.165, 1.54) is 6.08 Å². The Morgan fingerprint density at radius 1 is 1.19 bits per heavy atom. The summed E-state index contributed by atoms with van der Waals surface area (Å²) in [5.74, 6) is 1.52. The van der Waals surface area contributed by atoms with Gasteiger partial charge < -0.3 is 29.7 Å². The highest BCUT2D eigenvalue weighted by Gasteiger charge is 2.39. The van der Waals surface area contributed by atoms with Crippen LogP contribution >= 0.6 is 0 Å². The summed E-state index contributed by atoms with van der Waals surface area (Å²) in [6.07, 6.45) is 3.74. The second-order valence-electron chi connectivity index (χ2n) is 9.78. The number of likely N-dealkylation sites (tertiary alicyclic amines) is 1. The first-order valence-corrected chi connectivity index (χ1v) is 12.6. The fraction of sp³-hybridized carbons (Fsp3) is 0.462. The smallest absolute Gasteiger partial charge is 0.326 e. The molecule has 3 aliphatic rings. The summed E-state index contributed by atoms with van der Waals surface area (Å²) in [5, 5.41) is 3.28. The number of methoxy groups -OCH3 is 1. The number of piperazine rings is 1. The van der Waals surface area contributed by atoms with Crippen molar-refractivity contribution in [1.82, 2.24) is 24.7 Å². The quantitative estimate of drug-likeness (QED) is 0.596. The number of amides is 3. The van der Waals surface area contributed by atoms with E-state index < -0.39 is 0 Å². The fourth-order valence-electron chi connectivity index (χ4n) is 5.15. The van der Waals surface area contributed by atoms with Gasteiger partial charge in [-0.2, -0.15) is 4.98 Å². The lowest BCUT2D eigenvalue weighted by atomic mass is 10.1. The number of likely N-dealkylation sites (N-methyl/N-ethyl adjacent to an activating group) is 1. The van der Waals surface area contributed by atoms with Gasteiger partial charge in [-0.3, -0.25) is 9.69 Å². The predicted octanol–water partition coefficient (Wildman–Crippen LogP) is 2.14. The number of hydrogen-bond donors (Lipinski definition) is 1. The van der Waals surface area contributed by atoms with E-state index in [1.807, 2.05) is 12.1 Å². The zero-order valence-electron chi connectivity index (χ0n) is 21.7. The van der Waals surface area contributed by atoms with Crippen molar-refractivity contribution in [3.63, 3.8) is 0 Å². The zero-order chi connectivity index (χ0) is 26.1. The van der Waals surface area contributed by atoms with Gasteiger partial charge in [-0.25, -0.2) is 9.78 Å². The summed E-state index contributed by atoms with van der Waals surface area (Å²) in [7, 11) is 5.55. The van der Waals surface area contributed by atoms with Crippen molar-refractivity contribution in [3.8, 4) is 5.75 Å². The van der Waals surface area contributed by atoms with Crippen LogP contribution in [0.2, 0.25) is 0 Å². The highest BCUT2D eigenvalue weighted by molar-refractivity contribution is 5.95. The molecule has 11 nitrogen and oxygen atoms in total. The van der Waals surface area contributed by atoms with Gasteiger partial charge in [0.1, 0.15) is 11.6 Å². The highest BCUT2D eigenvalue weighted by Crippen LogP contribution is 2.34. The molecule has 1 atom stereocenters. The third-order valence-corrected chi connectivity index (χ3v) is 7.32. The number of ether oxygens (including phenoxy) is 1. The number of carbonyl (C=O) groups is 2. The molecule has 0 aliphatic carbocycles. The van der Waals surface area contributed by atoms with Gasteiger partial charge in [-0.05, 0) is 31.7 Å². The van der Waals surface area contributed by atoms with E-state index in [0.29, 0.717) is 43.6 Å². The molecule has 37 heavy (non-hydrogen) atoms. The Kier molecular flexibility index (Phi) is 6.88. The van der Waals surface area contributed by atoms with Gasteiger partial charge in [0.2, 0.25) is 11.9 Å². The highest BCUT2D eigenvalue weighted by atomic mass is 16.5. The Labute approximate surface area is 217 Å². The number of rotatable bonds is 6. The Hall–Kier alpha value is -3.86. The van der Waals surface area contributed by atoms with Crippen LogP contribution in [0.25, 0.3) is 0 Å². The van der Waals surface area contributed by atoms with E-state index in [2.05, 4.69) is 39.8 Å². The molecule has 2 saturated heterocycles. The van der Waals surface area contributed by atoms with Crippen LogP contribution in [0.15, 0.2) is 37.1 Å². The number of benzene rings is 1. The van der Waals surface area contributed by atoms with E-state index in [-0.39, 0.29) is 18.0 Å². The lowest BCUT2D eigenvalue weighted by Crippen LogP contribution is -2.52. The van der Waals surface area contributed by atoms with Gasteiger partial charge in [-0.1, -0.05) is 6.58 Å². The molecule has 11 heteroatoms. The number of carbonyl (C=O) groups excluding carboxylic acids is 2. The molecular formula is C26H34N8O3. The molecule has 1 aromatic heterocycles. The molecule has 0 saturated carbocycles. The first kappa shape index (κ1) is 24.8. The molecule has 0 bridgehead atoms. The van der Waals surface area contributed by atoms with Crippen molar-refractivity contribution < 1.29 is 14.3 Å². The number of fused-ring (bicyclic) bond motifs is 1. The van der Waals surface area contributed by atoms with E-state index >= 15 is 0 Å². The van der Waals surface area contributed by atoms with Gasteiger partial charge in [0.15, 0.2) is 0 Å². The molecule has 4 heterocycles. The summed E-state index contributed by atoms with van der Waals surface area (Å²) < 4.78 is 5.69. The normalized spacial score (nSPS) is 20.2. The van der Waals surface area contributed by atoms with Crippen LogP contribution in [0.3, 0.4) is 0 Å². The van der Waals surface area contributed by atoms with Crippen LogP contribution in [0.4, 0.5) is 27.9 Å². The first-order chi connectivity index (χ1) is 17.9. The summed E-state index contributed by atoms with van der Waals surface area (Å²) in [6, 6.07) is 5.77. The zero-order valence-corrected chi connectivity index (χ0v) is 21.7. The van der Waals surface area contributed by atoms with Crippen LogP contribution in [-0.2, 0) is 11.3 Å². The van der Waals surface area contributed by atoms with Gasteiger partial charge in [0.25, 0.3) is 0 Å². The Morgan fingerprint density at radius 2 is 1.97 bits per heavy atom. The van der Waals surface area contributed by atoms with Crippen LogP contribution in [-0.4, -0.2) is 103 Å². The monoisotopic (exact) mass is 506 g/mol. The molecule has 0 unspecified atom stereocenters. The third kappa shape index (κ3) is 4.91. The molecule has 196 valence electrons. The van der Waals surface area contributed by atoms with Crippen molar-refractivity contribution in [2.24, 2.45) is 0 Å². The molecule has 0 radical (unpaired) electrons. The average molecular weight is 507 g/mol. The number of aromatic nitrogens is 2. The maximum absolute atomic E-state index is 13.2. The van der Waals surface area contributed by atoms with Gasteiger partial charge >= 0.3 is 6.03 Å². The van der Waals surface area contributed by atoms with Crippen molar-refractivity contribution in [3.05, 3.63) is 42.6 Å². The standard InChI is InChI=1S/C26H34N8O3/c1-5-23(35)33-9-8-20(17-33)34-24-18(16-31(3)26(34)36)15-27-25(29-24)28-21-7-6-19(14-22(21)37-4)32-12-10-30(2)11-13-32/h5-7,14-15,20H,1,8-13,16-17H2,2-4H3,(H,27,28,29)/t20-/m0/s1. The summed E-state index contributed by atoms with van der Waals surface area (Å²) in [4.78, 5) is 44.4. The lowest BCUT2D eigenvalue weighted by molar-refractivity contribution is -0.125. The van der Waals surface area contributed by atoms with Gasteiger partial charge in [-0.15, -0.1) is 0 Å². The fourth-order valence-corrected chi connectivity index (χ4v) is 5.15. The predicted molar refractivity (Wildman–Crippen MR) is 143 cm³/mol. The SMILES string of the molecule is C=CC(=O)N1CC[C@H](N2C(=O)N(C)Cc3cnc(Nc4ccc(N5CCN(C)CC5)cc4OC)nc32)C1. The third-order valence-electron chi connectivity index (χ3n) is 7.32. The molecule has 1 aromatic carbocycles. The molecule has 2 aromatic rings. The molecule has 3 amide bonds. The second kappa shape index (κ2) is 10.3. The molecule has 1 N–H and O–H groups in total. The number of nitrogens with one attached hydrogen (secondary N) is 1. The molecule has 3 aliphatic heterocycles. The number of urea groups is 1.